The van der Waals surface area contributed by atoms with E-state index in [0.29, 0.717) is 0 Å². The molecule has 0 atom stereocenters. The van der Waals surface area contributed by atoms with Crippen LogP contribution >= 0.6 is 0 Å². The quantitative estimate of drug-likeness (QED) is 0.706. The van der Waals surface area contributed by atoms with Crippen LogP contribution in [0.5, 0.6) is 5.88 Å². The van der Waals surface area contributed by atoms with E-state index in [0.717, 1.165) is 6.20 Å². The highest BCUT2D eigenvalue weighted by atomic mass is 32.2. The Kier molecular flexibility index (Phi) is 1.90. The zero-order valence-electron chi connectivity index (χ0n) is 6.99. The maximum absolute atomic E-state index is 11.1. The van der Waals surface area contributed by atoms with Crippen LogP contribution in [0.1, 0.15) is 0 Å². The van der Waals surface area contributed by atoms with Gasteiger partial charge in [-0.3, -0.25) is 0 Å². The van der Waals surface area contributed by atoms with Crippen LogP contribution in [-0.2, 0) is 10.0 Å². The summed E-state index contributed by atoms with van der Waals surface area (Å²) in [4.78, 5) is -0.131. The first-order valence-electron chi connectivity index (χ1n) is 3.69. The molecule has 0 fully saturated rings. The summed E-state index contributed by atoms with van der Waals surface area (Å²) >= 11 is 0. The van der Waals surface area contributed by atoms with E-state index in [1.54, 1.807) is 18.4 Å². The van der Waals surface area contributed by atoms with Crippen LogP contribution in [0.25, 0.3) is 6.20 Å². The van der Waals surface area contributed by atoms with Crippen molar-refractivity contribution in [2.45, 2.75) is 4.90 Å². The number of primary sulfonamides is 1. The highest BCUT2D eigenvalue weighted by Gasteiger charge is 2.20. The van der Waals surface area contributed by atoms with Crippen LogP contribution in [-0.4, -0.2) is 18.2 Å². The fourth-order valence-corrected chi connectivity index (χ4v) is 1.61. The zero-order valence-corrected chi connectivity index (χ0v) is 7.81. The summed E-state index contributed by atoms with van der Waals surface area (Å²) in [6, 6.07) is 0. The zero-order chi connectivity index (χ0) is 10.2. The van der Waals surface area contributed by atoms with Crippen molar-refractivity contribution in [1.29, 1.82) is 0 Å². The molecule has 0 aromatic carbocycles. The molecule has 1 aromatic heterocycles. The Bertz CT molecular complexity index is 512. The van der Waals surface area contributed by atoms with Gasteiger partial charge in [-0.2, -0.15) is 5.10 Å². The maximum Gasteiger partial charge on any atom is 0.245 e. The number of nitrogens with zero attached hydrogens (tertiary/aromatic N) is 2. The number of hydrogen-bond donors (Lipinski definition) is 1. The summed E-state index contributed by atoms with van der Waals surface area (Å²) in [6.07, 6.45) is 7.34. The number of sulfonamides is 1. The van der Waals surface area contributed by atoms with Crippen molar-refractivity contribution in [1.82, 2.24) is 9.78 Å². The molecule has 1 aromatic rings. The molecule has 0 spiro atoms. The monoisotopic (exact) mass is 213 g/mol. The highest BCUT2D eigenvalue weighted by molar-refractivity contribution is 7.89. The fourth-order valence-electron chi connectivity index (χ4n) is 1.03. The van der Waals surface area contributed by atoms with Gasteiger partial charge in [0.1, 0.15) is 0 Å². The molecular weight excluding hydrogens is 206 g/mol. The lowest BCUT2D eigenvalue weighted by Crippen LogP contribution is -2.12. The molecule has 74 valence electrons. The molecule has 2 N–H and O–H groups in total. The largest absolute Gasteiger partial charge is 0.445 e. The molecule has 0 amide bonds. The van der Waals surface area contributed by atoms with Crippen molar-refractivity contribution in [3.05, 3.63) is 24.6 Å². The Morgan fingerprint density at radius 1 is 1.43 bits per heavy atom. The van der Waals surface area contributed by atoms with Gasteiger partial charge in [-0.05, 0) is 12.2 Å². The van der Waals surface area contributed by atoms with Gasteiger partial charge in [0.2, 0.25) is 15.9 Å². The Hall–Kier alpha value is -1.60. The van der Waals surface area contributed by atoms with Gasteiger partial charge in [0.25, 0.3) is 0 Å². The third kappa shape index (κ3) is 1.42. The van der Waals surface area contributed by atoms with Gasteiger partial charge in [0.15, 0.2) is 4.90 Å². The third-order valence-corrected chi connectivity index (χ3v) is 2.51. The van der Waals surface area contributed by atoms with Crippen LogP contribution in [0.2, 0.25) is 0 Å². The summed E-state index contributed by atoms with van der Waals surface area (Å²) in [5.74, 6) is 0.0949. The first-order valence-corrected chi connectivity index (χ1v) is 5.24. The van der Waals surface area contributed by atoms with Crippen molar-refractivity contribution in [2.75, 3.05) is 0 Å². The molecule has 2 heterocycles. The van der Waals surface area contributed by atoms with Crippen LogP contribution < -0.4 is 9.88 Å². The van der Waals surface area contributed by atoms with Crippen LogP contribution in [0.15, 0.2) is 29.5 Å². The van der Waals surface area contributed by atoms with Crippen molar-refractivity contribution in [3.8, 4) is 5.88 Å². The molecule has 0 radical (unpaired) electrons. The smallest absolute Gasteiger partial charge is 0.245 e. The van der Waals surface area contributed by atoms with Crippen molar-refractivity contribution in [3.63, 3.8) is 0 Å². The molecule has 7 heteroatoms. The van der Waals surface area contributed by atoms with Crippen molar-refractivity contribution < 1.29 is 13.2 Å². The van der Waals surface area contributed by atoms with Crippen molar-refractivity contribution >= 4 is 16.2 Å². The van der Waals surface area contributed by atoms with Gasteiger partial charge in [-0.25, -0.2) is 18.2 Å². The predicted molar refractivity (Wildman–Crippen MR) is 48.7 cm³/mol. The first kappa shape index (κ1) is 8.97. The minimum atomic E-state index is -3.79. The Morgan fingerprint density at radius 2 is 2.21 bits per heavy atom. The van der Waals surface area contributed by atoms with Crippen LogP contribution in [0.4, 0.5) is 0 Å². The van der Waals surface area contributed by atoms with Gasteiger partial charge in [0.05, 0.1) is 12.5 Å². The van der Waals surface area contributed by atoms with E-state index in [9.17, 15) is 8.42 Å². The standard InChI is InChI=1S/C7H7N3O3S/c8-14(11,12)6-5-9-10-3-1-2-4-13-7(6)10/h1-5H,(H2,8,11,12). The van der Waals surface area contributed by atoms with E-state index < -0.39 is 10.0 Å². The van der Waals surface area contributed by atoms with Gasteiger partial charge in [-0.1, -0.05) is 0 Å². The van der Waals surface area contributed by atoms with Gasteiger partial charge in [-0.15, -0.1) is 0 Å². The SMILES string of the molecule is NS(=O)(=O)c1cnn2c1OC=CC=C2. The summed E-state index contributed by atoms with van der Waals surface area (Å²) in [7, 11) is -3.79. The molecule has 0 unspecified atom stereocenters. The van der Waals surface area contributed by atoms with Crippen LogP contribution in [0.3, 0.4) is 0 Å². The molecule has 1 aliphatic rings. The molecule has 0 bridgehead atoms. The summed E-state index contributed by atoms with van der Waals surface area (Å²) in [6.45, 7) is 0. The van der Waals surface area contributed by atoms with E-state index >= 15 is 0 Å². The van der Waals surface area contributed by atoms with E-state index in [2.05, 4.69) is 5.10 Å². The van der Waals surface area contributed by atoms with Gasteiger partial charge < -0.3 is 4.74 Å². The topological polar surface area (TPSA) is 87.2 Å². The first-order chi connectivity index (χ1) is 6.59. The Balaban J connectivity index is 2.63. The van der Waals surface area contributed by atoms with E-state index in [4.69, 9.17) is 9.88 Å². The Morgan fingerprint density at radius 3 is 2.93 bits per heavy atom. The summed E-state index contributed by atoms with van der Waals surface area (Å²) in [5, 5.41) is 8.76. The lowest BCUT2D eigenvalue weighted by atomic mass is 10.6. The molecule has 0 saturated heterocycles. The number of rotatable bonds is 1. The predicted octanol–water partition coefficient (Wildman–Crippen LogP) is -0.0927. The normalized spacial score (nSPS) is 14.6. The highest BCUT2D eigenvalue weighted by Crippen LogP contribution is 2.23. The minimum absolute atomic E-state index is 0.0949. The molecule has 6 nitrogen and oxygen atoms in total. The number of nitrogens with two attached hydrogens (primary N) is 1. The number of allylic oxidation sites excluding steroid dienone is 2. The minimum Gasteiger partial charge on any atom is -0.445 e. The Labute approximate surface area is 80.3 Å². The second-order valence-electron chi connectivity index (χ2n) is 2.59. The lowest BCUT2D eigenvalue weighted by molar-refractivity contribution is 0.437. The van der Waals surface area contributed by atoms with Crippen molar-refractivity contribution in [2.24, 2.45) is 5.14 Å². The third-order valence-electron chi connectivity index (χ3n) is 1.62. The second-order valence-corrected chi connectivity index (χ2v) is 4.12. The van der Waals surface area contributed by atoms with E-state index in [1.165, 1.54) is 10.9 Å². The summed E-state index contributed by atoms with van der Waals surface area (Å²) < 4.78 is 28.5. The fraction of sp³-hybridized carbons (Fsp3) is 0. The molecule has 14 heavy (non-hydrogen) atoms. The number of ether oxygens (including phenoxy) is 1. The molecule has 0 aliphatic carbocycles. The second kappa shape index (κ2) is 2.96. The van der Waals surface area contributed by atoms with Crippen LogP contribution in [0, 0.1) is 0 Å². The average molecular weight is 213 g/mol. The van der Waals surface area contributed by atoms with Gasteiger partial charge >= 0.3 is 0 Å². The molecule has 2 rings (SSSR count). The van der Waals surface area contributed by atoms with E-state index in [-0.39, 0.29) is 10.8 Å². The molecular formula is C7H7N3O3S. The molecule has 1 aliphatic heterocycles. The number of fused-ring (bicyclic) bond motifs is 1. The lowest BCUT2D eigenvalue weighted by Gasteiger charge is -2.01. The summed E-state index contributed by atoms with van der Waals surface area (Å²) in [5.41, 5.74) is 0. The average Bonchev–Trinajstić information content (AvgIpc) is 2.36. The van der Waals surface area contributed by atoms with Gasteiger partial charge in [0, 0.05) is 6.20 Å². The maximum atomic E-state index is 11.1. The number of hydrogen-bond acceptors (Lipinski definition) is 4. The van der Waals surface area contributed by atoms with E-state index in [1.807, 2.05) is 0 Å². The number of aromatic nitrogens is 2. The molecule has 0 saturated carbocycles.